The SMILES string of the molecule is COc1ccc(/C=C/C(=O)c2cnn(-c3ccc(F)cc3)c2C)cc1O. The van der Waals surface area contributed by atoms with Crippen LogP contribution in [0.5, 0.6) is 11.5 Å². The van der Waals surface area contributed by atoms with E-state index < -0.39 is 0 Å². The van der Waals surface area contributed by atoms with Gasteiger partial charge in [-0.2, -0.15) is 5.10 Å². The van der Waals surface area contributed by atoms with Crippen LogP contribution in [-0.2, 0) is 0 Å². The van der Waals surface area contributed by atoms with E-state index in [-0.39, 0.29) is 17.3 Å². The van der Waals surface area contributed by atoms with E-state index in [0.29, 0.717) is 28.3 Å². The predicted octanol–water partition coefficient (Wildman–Crippen LogP) is 3.93. The van der Waals surface area contributed by atoms with E-state index in [4.69, 9.17) is 4.74 Å². The number of aromatic hydroxyl groups is 1. The van der Waals surface area contributed by atoms with Gasteiger partial charge in [-0.25, -0.2) is 9.07 Å². The van der Waals surface area contributed by atoms with E-state index in [1.165, 1.54) is 37.6 Å². The molecule has 3 rings (SSSR count). The van der Waals surface area contributed by atoms with E-state index >= 15 is 0 Å². The van der Waals surface area contributed by atoms with Crippen molar-refractivity contribution in [2.75, 3.05) is 7.11 Å². The maximum atomic E-state index is 13.1. The molecule has 0 fully saturated rings. The molecule has 0 aliphatic heterocycles. The van der Waals surface area contributed by atoms with Gasteiger partial charge in [-0.05, 0) is 55.0 Å². The summed E-state index contributed by atoms with van der Waals surface area (Å²) in [4.78, 5) is 12.5. The number of ketones is 1. The number of ether oxygens (including phenoxy) is 1. The molecule has 0 saturated carbocycles. The Bertz CT molecular complexity index is 975. The first-order valence-corrected chi connectivity index (χ1v) is 7.89. The van der Waals surface area contributed by atoms with Gasteiger partial charge in [-0.15, -0.1) is 0 Å². The Balaban J connectivity index is 1.82. The molecular formula is C20H17FN2O3. The minimum absolute atomic E-state index is 0.00223. The molecule has 1 N–H and O–H groups in total. The minimum atomic E-state index is -0.333. The van der Waals surface area contributed by atoms with Crippen LogP contribution in [0.25, 0.3) is 11.8 Å². The Morgan fingerprint density at radius 3 is 2.62 bits per heavy atom. The normalized spacial score (nSPS) is 11.0. The Morgan fingerprint density at radius 1 is 1.23 bits per heavy atom. The predicted molar refractivity (Wildman–Crippen MR) is 96.3 cm³/mol. The number of hydrogen-bond donors (Lipinski definition) is 1. The molecule has 2 aromatic carbocycles. The van der Waals surface area contributed by atoms with Crippen LogP contribution in [0.15, 0.2) is 54.7 Å². The number of aromatic nitrogens is 2. The van der Waals surface area contributed by atoms with Gasteiger partial charge in [0.2, 0.25) is 0 Å². The fourth-order valence-corrected chi connectivity index (χ4v) is 2.57. The number of hydrogen-bond acceptors (Lipinski definition) is 4. The van der Waals surface area contributed by atoms with Gasteiger partial charge >= 0.3 is 0 Å². The van der Waals surface area contributed by atoms with Crippen molar-refractivity contribution in [2.45, 2.75) is 6.92 Å². The zero-order valence-electron chi connectivity index (χ0n) is 14.3. The third-order valence-electron chi connectivity index (χ3n) is 3.98. The number of rotatable bonds is 5. The van der Waals surface area contributed by atoms with Crippen LogP contribution in [0, 0.1) is 12.7 Å². The molecule has 1 aromatic heterocycles. The largest absolute Gasteiger partial charge is 0.504 e. The molecule has 132 valence electrons. The first kappa shape index (κ1) is 17.4. The van der Waals surface area contributed by atoms with Crippen LogP contribution in [0.2, 0.25) is 0 Å². The lowest BCUT2D eigenvalue weighted by atomic mass is 10.1. The van der Waals surface area contributed by atoms with Gasteiger partial charge in [0, 0.05) is 0 Å². The van der Waals surface area contributed by atoms with Gasteiger partial charge in [0.25, 0.3) is 0 Å². The monoisotopic (exact) mass is 352 g/mol. The number of phenols is 1. The highest BCUT2D eigenvalue weighted by molar-refractivity contribution is 6.07. The third kappa shape index (κ3) is 3.49. The van der Waals surface area contributed by atoms with Crippen molar-refractivity contribution in [3.63, 3.8) is 0 Å². The maximum Gasteiger partial charge on any atom is 0.189 e. The highest BCUT2D eigenvalue weighted by Gasteiger charge is 2.13. The van der Waals surface area contributed by atoms with Crippen molar-refractivity contribution >= 4 is 11.9 Å². The third-order valence-corrected chi connectivity index (χ3v) is 3.98. The van der Waals surface area contributed by atoms with Gasteiger partial charge in [0.15, 0.2) is 17.3 Å². The van der Waals surface area contributed by atoms with Crippen molar-refractivity contribution < 1.29 is 19.0 Å². The molecule has 3 aromatic rings. The summed E-state index contributed by atoms with van der Waals surface area (Å²) >= 11 is 0. The molecule has 0 atom stereocenters. The van der Waals surface area contributed by atoms with Gasteiger partial charge in [0.05, 0.1) is 30.3 Å². The molecule has 6 heteroatoms. The molecule has 0 aliphatic rings. The van der Waals surface area contributed by atoms with Crippen LogP contribution in [-0.4, -0.2) is 27.8 Å². The standard InChI is InChI=1S/C20H17FN2O3/c1-13-17(12-22-23(13)16-7-5-15(21)6-8-16)18(24)9-3-14-4-10-20(26-2)19(25)11-14/h3-12,25H,1-2H3/b9-3+. The van der Waals surface area contributed by atoms with Gasteiger partial charge in [0.1, 0.15) is 5.82 Å². The first-order valence-electron chi connectivity index (χ1n) is 7.89. The summed E-state index contributed by atoms with van der Waals surface area (Å²) in [6.45, 7) is 1.77. The fraction of sp³-hybridized carbons (Fsp3) is 0.100. The average molecular weight is 352 g/mol. The molecule has 0 aliphatic carbocycles. The van der Waals surface area contributed by atoms with E-state index in [9.17, 15) is 14.3 Å². The molecule has 1 heterocycles. The summed E-state index contributed by atoms with van der Waals surface area (Å²) in [5.41, 5.74) is 2.44. The highest BCUT2D eigenvalue weighted by Crippen LogP contribution is 2.26. The summed E-state index contributed by atoms with van der Waals surface area (Å²) in [6.07, 6.45) is 4.51. The van der Waals surface area contributed by atoms with Crippen molar-refractivity contribution in [3.8, 4) is 17.2 Å². The van der Waals surface area contributed by atoms with Crippen molar-refractivity contribution in [1.82, 2.24) is 9.78 Å². The van der Waals surface area contributed by atoms with E-state index in [1.807, 2.05) is 0 Å². The molecule has 0 saturated heterocycles. The lowest BCUT2D eigenvalue weighted by molar-refractivity contribution is 0.104. The Kier molecular flexibility index (Phi) is 4.84. The number of carbonyl (C=O) groups excluding carboxylic acids is 1. The number of benzene rings is 2. The van der Waals surface area contributed by atoms with Gasteiger partial charge in [-0.1, -0.05) is 12.1 Å². The first-order chi connectivity index (χ1) is 12.5. The number of halogens is 1. The molecule has 0 radical (unpaired) electrons. The average Bonchev–Trinajstić information content (AvgIpc) is 3.02. The van der Waals surface area contributed by atoms with Crippen molar-refractivity contribution in [1.29, 1.82) is 0 Å². The Labute approximate surface area is 150 Å². The number of allylic oxidation sites excluding steroid dienone is 1. The molecule has 26 heavy (non-hydrogen) atoms. The molecule has 5 nitrogen and oxygen atoms in total. The van der Waals surface area contributed by atoms with Crippen LogP contribution >= 0.6 is 0 Å². The lowest BCUT2D eigenvalue weighted by Gasteiger charge is -2.04. The summed E-state index contributed by atoms with van der Waals surface area (Å²) in [5.74, 6) is -0.181. The van der Waals surface area contributed by atoms with Crippen molar-refractivity contribution in [3.05, 3.63) is 77.4 Å². The Hall–Kier alpha value is -3.41. The van der Waals surface area contributed by atoms with Crippen LogP contribution < -0.4 is 4.74 Å². The van der Waals surface area contributed by atoms with Gasteiger partial charge < -0.3 is 9.84 Å². The van der Waals surface area contributed by atoms with E-state index in [0.717, 1.165) is 0 Å². The molecule has 0 bridgehead atoms. The molecule has 0 unspecified atom stereocenters. The Morgan fingerprint density at radius 2 is 1.96 bits per heavy atom. The number of nitrogens with zero attached hydrogens (tertiary/aromatic N) is 2. The number of methoxy groups -OCH3 is 1. The zero-order chi connectivity index (χ0) is 18.7. The summed E-state index contributed by atoms with van der Waals surface area (Å²) in [6, 6.07) is 10.7. The molecule has 0 spiro atoms. The van der Waals surface area contributed by atoms with Crippen LogP contribution in [0.1, 0.15) is 21.6 Å². The topological polar surface area (TPSA) is 64.3 Å². The number of carbonyl (C=O) groups is 1. The van der Waals surface area contributed by atoms with Crippen molar-refractivity contribution in [2.24, 2.45) is 0 Å². The van der Waals surface area contributed by atoms with Crippen LogP contribution in [0.3, 0.4) is 0 Å². The van der Waals surface area contributed by atoms with Crippen LogP contribution in [0.4, 0.5) is 4.39 Å². The summed E-state index contributed by atoms with van der Waals surface area (Å²) in [7, 11) is 1.47. The summed E-state index contributed by atoms with van der Waals surface area (Å²) < 4.78 is 19.6. The summed E-state index contributed by atoms with van der Waals surface area (Å²) in [5, 5.41) is 14.0. The second-order valence-corrected chi connectivity index (χ2v) is 5.66. The highest BCUT2D eigenvalue weighted by atomic mass is 19.1. The van der Waals surface area contributed by atoms with E-state index in [2.05, 4.69) is 5.10 Å². The molecular weight excluding hydrogens is 335 g/mol. The molecule has 0 amide bonds. The lowest BCUT2D eigenvalue weighted by Crippen LogP contribution is -2.01. The second-order valence-electron chi connectivity index (χ2n) is 5.66. The fourth-order valence-electron chi connectivity index (χ4n) is 2.57. The smallest absolute Gasteiger partial charge is 0.189 e. The number of phenolic OH excluding ortho intramolecular Hbond substituents is 1. The zero-order valence-corrected chi connectivity index (χ0v) is 14.3. The van der Waals surface area contributed by atoms with Gasteiger partial charge in [-0.3, -0.25) is 4.79 Å². The quantitative estimate of drug-likeness (QED) is 0.558. The minimum Gasteiger partial charge on any atom is -0.504 e. The second kappa shape index (κ2) is 7.23. The maximum absolute atomic E-state index is 13.1. The van der Waals surface area contributed by atoms with E-state index in [1.54, 1.807) is 41.9 Å².